The van der Waals surface area contributed by atoms with E-state index in [-0.39, 0.29) is 12.0 Å². The molecule has 5 heteroatoms. The summed E-state index contributed by atoms with van der Waals surface area (Å²) in [7, 11) is 1.38. The minimum absolute atomic E-state index is 0.252. The van der Waals surface area contributed by atoms with Crippen molar-refractivity contribution in [2.75, 3.05) is 12.4 Å². The predicted octanol–water partition coefficient (Wildman–Crippen LogP) is 1.51. The molecule has 72 valence electrons. The fraction of sp³-hybridized carbons (Fsp3) is 0.500. The molecule has 1 unspecified atom stereocenters. The van der Waals surface area contributed by atoms with Gasteiger partial charge in [0.15, 0.2) is 5.13 Å². The number of esters is 1. The number of nitrogens with one attached hydrogen (secondary N) is 1. The van der Waals surface area contributed by atoms with Gasteiger partial charge in [-0.3, -0.25) is 0 Å². The minimum atomic E-state index is -0.295. The zero-order valence-corrected chi connectivity index (χ0v) is 8.43. The molecule has 0 amide bonds. The normalized spacial score (nSPS) is 12.2. The Morgan fingerprint density at radius 1 is 1.85 bits per heavy atom. The topological polar surface area (TPSA) is 51.2 Å². The Hall–Kier alpha value is -1.10. The Labute approximate surface area is 80.9 Å². The second-order valence-electron chi connectivity index (χ2n) is 2.47. The van der Waals surface area contributed by atoms with Gasteiger partial charge in [-0.05, 0) is 6.42 Å². The number of rotatable bonds is 4. The Bertz CT molecular complexity index is 261. The number of aromatic nitrogens is 1. The first-order valence-corrected chi connectivity index (χ1v) is 4.89. The third kappa shape index (κ3) is 2.69. The molecule has 0 aliphatic carbocycles. The lowest BCUT2D eigenvalue weighted by Gasteiger charge is -2.12. The number of hydrogen-bond donors (Lipinski definition) is 1. The molecule has 0 spiro atoms. The van der Waals surface area contributed by atoms with Gasteiger partial charge < -0.3 is 10.1 Å². The van der Waals surface area contributed by atoms with E-state index in [0.717, 1.165) is 5.13 Å². The Kier molecular flexibility index (Phi) is 3.70. The highest BCUT2D eigenvalue weighted by atomic mass is 32.1. The molecule has 0 aromatic carbocycles. The van der Waals surface area contributed by atoms with Crippen LogP contribution in [0.4, 0.5) is 5.13 Å². The molecule has 0 radical (unpaired) electrons. The van der Waals surface area contributed by atoms with Crippen LogP contribution < -0.4 is 5.32 Å². The summed E-state index contributed by atoms with van der Waals surface area (Å²) in [6.45, 7) is 1.92. The van der Waals surface area contributed by atoms with E-state index in [4.69, 9.17) is 0 Å². The van der Waals surface area contributed by atoms with Crippen LogP contribution in [0, 0.1) is 0 Å². The summed E-state index contributed by atoms with van der Waals surface area (Å²) < 4.78 is 4.63. The number of carbonyl (C=O) groups is 1. The van der Waals surface area contributed by atoms with Crippen molar-refractivity contribution in [3.8, 4) is 0 Å². The molecule has 4 nitrogen and oxygen atoms in total. The summed E-state index contributed by atoms with van der Waals surface area (Å²) in [5.74, 6) is -0.252. The van der Waals surface area contributed by atoms with E-state index in [1.54, 1.807) is 6.20 Å². The quantitative estimate of drug-likeness (QED) is 0.748. The van der Waals surface area contributed by atoms with Crippen molar-refractivity contribution >= 4 is 22.4 Å². The van der Waals surface area contributed by atoms with E-state index < -0.39 is 0 Å². The van der Waals surface area contributed by atoms with Gasteiger partial charge in [0.25, 0.3) is 0 Å². The van der Waals surface area contributed by atoms with Crippen molar-refractivity contribution in [3.05, 3.63) is 11.6 Å². The van der Waals surface area contributed by atoms with E-state index in [0.29, 0.717) is 6.42 Å². The van der Waals surface area contributed by atoms with Crippen molar-refractivity contribution in [2.24, 2.45) is 0 Å². The first-order chi connectivity index (χ1) is 6.27. The number of ether oxygens (including phenoxy) is 1. The minimum Gasteiger partial charge on any atom is -0.467 e. The largest absolute Gasteiger partial charge is 0.467 e. The van der Waals surface area contributed by atoms with Gasteiger partial charge in [-0.25, -0.2) is 9.78 Å². The second kappa shape index (κ2) is 4.81. The molecular weight excluding hydrogens is 188 g/mol. The van der Waals surface area contributed by atoms with Gasteiger partial charge in [-0.2, -0.15) is 0 Å². The molecule has 0 saturated carbocycles. The van der Waals surface area contributed by atoms with Gasteiger partial charge in [0, 0.05) is 11.6 Å². The van der Waals surface area contributed by atoms with E-state index in [1.807, 2.05) is 12.3 Å². The molecule has 0 aliphatic rings. The molecule has 13 heavy (non-hydrogen) atoms. The number of carbonyl (C=O) groups excluding carboxylic acids is 1. The average molecular weight is 200 g/mol. The van der Waals surface area contributed by atoms with Crippen molar-refractivity contribution in [1.29, 1.82) is 0 Å². The van der Waals surface area contributed by atoms with Gasteiger partial charge in [0.05, 0.1) is 7.11 Å². The third-order valence-electron chi connectivity index (χ3n) is 1.62. The lowest BCUT2D eigenvalue weighted by atomic mass is 10.2. The van der Waals surface area contributed by atoms with Crippen molar-refractivity contribution in [1.82, 2.24) is 4.98 Å². The molecule has 1 aromatic rings. The Morgan fingerprint density at radius 3 is 3.08 bits per heavy atom. The lowest BCUT2D eigenvalue weighted by Crippen LogP contribution is -2.29. The molecular formula is C8H12N2O2S. The van der Waals surface area contributed by atoms with Gasteiger partial charge in [0.1, 0.15) is 6.04 Å². The standard InChI is InChI=1S/C8H12N2O2S/c1-3-6(7(11)12-2)10-8-9-4-5-13-8/h4-6H,3H2,1-2H3,(H,9,10). The molecule has 0 saturated heterocycles. The first kappa shape index (κ1) is 9.98. The fourth-order valence-corrected chi connectivity index (χ4v) is 1.50. The van der Waals surface area contributed by atoms with Crippen molar-refractivity contribution in [3.63, 3.8) is 0 Å². The van der Waals surface area contributed by atoms with Crippen LogP contribution in [-0.2, 0) is 9.53 Å². The highest BCUT2D eigenvalue weighted by Gasteiger charge is 2.16. The molecule has 0 aliphatic heterocycles. The molecule has 1 heterocycles. The SMILES string of the molecule is CCC(Nc1nccs1)C(=O)OC. The summed E-state index contributed by atoms with van der Waals surface area (Å²) in [6.07, 6.45) is 2.38. The van der Waals surface area contributed by atoms with Gasteiger partial charge in [0.2, 0.25) is 0 Å². The molecule has 1 rings (SSSR count). The monoisotopic (exact) mass is 200 g/mol. The summed E-state index contributed by atoms with van der Waals surface area (Å²) in [5, 5.41) is 5.59. The van der Waals surface area contributed by atoms with Gasteiger partial charge in [-0.15, -0.1) is 11.3 Å². The van der Waals surface area contributed by atoms with Crippen LogP contribution in [0.2, 0.25) is 0 Å². The van der Waals surface area contributed by atoms with Gasteiger partial charge in [-0.1, -0.05) is 6.92 Å². The molecule has 1 atom stereocenters. The number of nitrogens with zero attached hydrogens (tertiary/aromatic N) is 1. The van der Waals surface area contributed by atoms with Crippen LogP contribution >= 0.6 is 11.3 Å². The zero-order chi connectivity index (χ0) is 9.68. The van der Waals surface area contributed by atoms with Crippen LogP contribution in [0.3, 0.4) is 0 Å². The highest BCUT2D eigenvalue weighted by molar-refractivity contribution is 7.13. The summed E-state index contributed by atoms with van der Waals surface area (Å²) in [4.78, 5) is 15.2. The van der Waals surface area contributed by atoms with Crippen LogP contribution in [0.15, 0.2) is 11.6 Å². The van der Waals surface area contributed by atoms with Crippen LogP contribution in [0.1, 0.15) is 13.3 Å². The lowest BCUT2D eigenvalue weighted by molar-refractivity contribution is -0.141. The molecule has 0 fully saturated rings. The fourth-order valence-electron chi connectivity index (χ4n) is 0.914. The molecule has 0 bridgehead atoms. The Balaban J connectivity index is 2.54. The number of methoxy groups -OCH3 is 1. The maximum atomic E-state index is 11.2. The zero-order valence-electron chi connectivity index (χ0n) is 7.61. The summed E-state index contributed by atoms with van der Waals surface area (Å²) in [6, 6.07) is -0.295. The smallest absolute Gasteiger partial charge is 0.328 e. The van der Waals surface area contributed by atoms with Crippen molar-refractivity contribution in [2.45, 2.75) is 19.4 Å². The number of thiazole rings is 1. The molecule has 1 aromatic heterocycles. The average Bonchev–Trinajstić information content (AvgIpc) is 2.65. The number of hydrogen-bond acceptors (Lipinski definition) is 5. The van der Waals surface area contributed by atoms with Gasteiger partial charge >= 0.3 is 5.97 Å². The maximum absolute atomic E-state index is 11.2. The second-order valence-corrected chi connectivity index (χ2v) is 3.36. The van der Waals surface area contributed by atoms with Crippen LogP contribution in [-0.4, -0.2) is 24.1 Å². The summed E-state index contributed by atoms with van der Waals surface area (Å²) in [5.41, 5.74) is 0. The number of anilines is 1. The summed E-state index contributed by atoms with van der Waals surface area (Å²) >= 11 is 1.46. The first-order valence-electron chi connectivity index (χ1n) is 4.01. The molecule has 1 N–H and O–H groups in total. The van der Waals surface area contributed by atoms with Crippen LogP contribution in [0.25, 0.3) is 0 Å². The van der Waals surface area contributed by atoms with Crippen LogP contribution in [0.5, 0.6) is 0 Å². The predicted molar refractivity (Wildman–Crippen MR) is 51.8 cm³/mol. The van der Waals surface area contributed by atoms with E-state index in [1.165, 1.54) is 18.4 Å². The van der Waals surface area contributed by atoms with E-state index in [2.05, 4.69) is 15.0 Å². The van der Waals surface area contributed by atoms with E-state index >= 15 is 0 Å². The maximum Gasteiger partial charge on any atom is 0.328 e. The highest BCUT2D eigenvalue weighted by Crippen LogP contribution is 2.13. The third-order valence-corrected chi connectivity index (χ3v) is 2.33. The van der Waals surface area contributed by atoms with E-state index in [9.17, 15) is 4.79 Å². The van der Waals surface area contributed by atoms with Crippen molar-refractivity contribution < 1.29 is 9.53 Å². The Morgan fingerprint density at radius 2 is 2.62 bits per heavy atom.